The number of hydrogen-bond acceptors (Lipinski definition) is 4. The highest BCUT2D eigenvalue weighted by Gasteiger charge is 2.37. The number of rotatable bonds is 5. The average Bonchev–Trinajstić information content (AvgIpc) is 2.91. The molecule has 0 N–H and O–H groups in total. The normalized spacial score (nSPS) is 16.8. The highest BCUT2D eigenvalue weighted by atomic mass is 32.2. The van der Waals surface area contributed by atoms with Gasteiger partial charge in [-0.1, -0.05) is 18.2 Å². The van der Waals surface area contributed by atoms with Crippen molar-refractivity contribution in [2.24, 2.45) is 0 Å². The Morgan fingerprint density at radius 2 is 2.10 bits per heavy atom. The maximum absolute atomic E-state index is 13.0. The zero-order chi connectivity index (χ0) is 14.9. The summed E-state index contributed by atoms with van der Waals surface area (Å²) < 4.78 is 44.7. The summed E-state index contributed by atoms with van der Waals surface area (Å²) in [6.07, 6.45) is -0.136. The van der Waals surface area contributed by atoms with Gasteiger partial charge in [-0.3, -0.25) is 0 Å². The van der Waals surface area contributed by atoms with Crippen LogP contribution in [0.3, 0.4) is 0 Å². The third-order valence-corrected chi connectivity index (χ3v) is 6.48. The Hall–Kier alpha value is -1.28. The van der Waals surface area contributed by atoms with Crippen molar-refractivity contribution in [2.75, 3.05) is 13.1 Å². The predicted molar refractivity (Wildman–Crippen MR) is 78.1 cm³/mol. The maximum Gasteiger partial charge on any atom is 0.252 e. The molecule has 0 bridgehead atoms. The molecule has 0 radical (unpaired) electrons. The van der Waals surface area contributed by atoms with Crippen LogP contribution in [0.15, 0.2) is 46.0 Å². The van der Waals surface area contributed by atoms with Crippen LogP contribution in [0.25, 0.3) is 0 Å². The second-order valence-electron chi connectivity index (χ2n) is 4.82. The van der Waals surface area contributed by atoms with E-state index in [-0.39, 0.29) is 18.5 Å². The van der Waals surface area contributed by atoms with E-state index in [1.165, 1.54) is 27.8 Å². The molecule has 1 aliphatic heterocycles. The van der Waals surface area contributed by atoms with Crippen molar-refractivity contribution in [3.05, 3.63) is 53.2 Å². The Balaban J connectivity index is 1.52. The first-order chi connectivity index (χ1) is 10.1. The van der Waals surface area contributed by atoms with E-state index in [0.29, 0.717) is 17.3 Å². The molecule has 0 amide bonds. The molecule has 1 fully saturated rings. The molecule has 0 aliphatic carbocycles. The summed E-state index contributed by atoms with van der Waals surface area (Å²) in [5.41, 5.74) is 0.745. The molecule has 1 aromatic carbocycles. The summed E-state index contributed by atoms with van der Waals surface area (Å²) in [6.45, 7) is 0.973. The van der Waals surface area contributed by atoms with Crippen molar-refractivity contribution < 1.29 is 17.5 Å². The van der Waals surface area contributed by atoms with E-state index in [4.69, 9.17) is 4.74 Å². The quantitative estimate of drug-likeness (QED) is 0.847. The van der Waals surface area contributed by atoms with Crippen molar-refractivity contribution in [3.63, 3.8) is 0 Å². The molecular weight excluding hydrogens is 313 g/mol. The van der Waals surface area contributed by atoms with Gasteiger partial charge in [0.2, 0.25) is 0 Å². The first-order valence-corrected chi connectivity index (χ1v) is 8.77. The molecule has 0 atom stereocenters. The summed E-state index contributed by atoms with van der Waals surface area (Å²) in [5.74, 6) is -0.299. The Kier molecular flexibility index (Phi) is 4.08. The Morgan fingerprint density at radius 3 is 2.76 bits per heavy atom. The van der Waals surface area contributed by atoms with Gasteiger partial charge in [-0.05, 0) is 29.1 Å². The van der Waals surface area contributed by atoms with Crippen LogP contribution in [0.1, 0.15) is 5.56 Å². The van der Waals surface area contributed by atoms with Crippen LogP contribution in [0, 0.1) is 5.82 Å². The van der Waals surface area contributed by atoms with Gasteiger partial charge < -0.3 is 4.74 Å². The predicted octanol–water partition coefficient (Wildman–Crippen LogP) is 2.48. The zero-order valence-corrected chi connectivity index (χ0v) is 12.7. The van der Waals surface area contributed by atoms with Crippen LogP contribution < -0.4 is 0 Å². The van der Waals surface area contributed by atoms with Crippen LogP contribution in [-0.4, -0.2) is 31.9 Å². The molecule has 112 valence electrons. The molecule has 0 saturated carbocycles. The fraction of sp³-hybridized carbons (Fsp3) is 0.286. The second-order valence-corrected chi connectivity index (χ2v) is 7.93. The molecule has 3 rings (SSSR count). The van der Waals surface area contributed by atoms with Gasteiger partial charge in [0.1, 0.15) is 10.0 Å². The van der Waals surface area contributed by atoms with Crippen LogP contribution in [0.2, 0.25) is 0 Å². The first kappa shape index (κ1) is 14.6. The second kappa shape index (κ2) is 5.84. The number of benzene rings is 1. The van der Waals surface area contributed by atoms with Crippen molar-refractivity contribution in [1.82, 2.24) is 4.31 Å². The highest BCUT2D eigenvalue weighted by molar-refractivity contribution is 7.91. The monoisotopic (exact) mass is 327 g/mol. The van der Waals surface area contributed by atoms with Gasteiger partial charge in [0, 0.05) is 13.1 Å². The number of halogens is 1. The lowest BCUT2D eigenvalue weighted by atomic mass is 10.2. The standard InChI is InChI=1S/C14H14FNO3S2/c15-12-4-1-3-11(7-12)10-19-13-8-16(9-13)21(17,18)14-5-2-6-20-14/h1-7,13H,8-10H2. The number of sulfonamides is 1. The van der Waals surface area contributed by atoms with Gasteiger partial charge in [-0.15, -0.1) is 11.3 Å². The smallest absolute Gasteiger partial charge is 0.252 e. The number of hydrogen-bond donors (Lipinski definition) is 0. The van der Waals surface area contributed by atoms with Gasteiger partial charge in [0.05, 0.1) is 12.7 Å². The zero-order valence-electron chi connectivity index (χ0n) is 11.1. The lowest BCUT2D eigenvalue weighted by Crippen LogP contribution is -2.54. The number of ether oxygens (including phenoxy) is 1. The molecule has 1 aliphatic rings. The van der Waals surface area contributed by atoms with Gasteiger partial charge >= 0.3 is 0 Å². The van der Waals surface area contributed by atoms with Crippen molar-refractivity contribution >= 4 is 21.4 Å². The minimum atomic E-state index is -3.37. The lowest BCUT2D eigenvalue weighted by molar-refractivity contribution is -0.0295. The van der Waals surface area contributed by atoms with Crippen LogP contribution >= 0.6 is 11.3 Å². The van der Waals surface area contributed by atoms with E-state index in [2.05, 4.69) is 0 Å². The minimum absolute atomic E-state index is 0.136. The molecule has 1 aromatic heterocycles. The molecule has 7 heteroatoms. The molecular formula is C14H14FNO3S2. The molecule has 1 saturated heterocycles. The summed E-state index contributed by atoms with van der Waals surface area (Å²) in [7, 11) is -3.37. The van der Waals surface area contributed by atoms with Gasteiger partial charge in [-0.25, -0.2) is 12.8 Å². The summed E-state index contributed by atoms with van der Waals surface area (Å²) in [4.78, 5) is 0. The molecule has 0 unspecified atom stereocenters. The van der Waals surface area contributed by atoms with Crippen molar-refractivity contribution in [2.45, 2.75) is 16.9 Å². The van der Waals surface area contributed by atoms with E-state index in [1.807, 2.05) is 0 Å². The van der Waals surface area contributed by atoms with E-state index in [9.17, 15) is 12.8 Å². The fourth-order valence-electron chi connectivity index (χ4n) is 2.08. The Bertz CT molecular complexity index is 710. The molecule has 2 heterocycles. The van der Waals surface area contributed by atoms with Crippen LogP contribution in [-0.2, 0) is 21.4 Å². The summed E-state index contributed by atoms with van der Waals surface area (Å²) in [6, 6.07) is 9.52. The SMILES string of the molecule is O=S(=O)(c1cccs1)N1CC(OCc2cccc(F)c2)C1. The van der Waals surface area contributed by atoms with E-state index >= 15 is 0 Å². The molecule has 2 aromatic rings. The Morgan fingerprint density at radius 1 is 1.29 bits per heavy atom. The first-order valence-electron chi connectivity index (χ1n) is 6.45. The summed E-state index contributed by atoms with van der Waals surface area (Å²) >= 11 is 1.21. The fourth-order valence-corrected chi connectivity index (χ4v) is 4.73. The number of nitrogens with zero attached hydrogens (tertiary/aromatic N) is 1. The largest absolute Gasteiger partial charge is 0.371 e. The third-order valence-electron chi connectivity index (χ3n) is 3.28. The van der Waals surface area contributed by atoms with Crippen molar-refractivity contribution in [1.29, 1.82) is 0 Å². The van der Waals surface area contributed by atoms with Gasteiger partial charge in [-0.2, -0.15) is 4.31 Å². The lowest BCUT2D eigenvalue weighted by Gasteiger charge is -2.37. The third kappa shape index (κ3) is 3.16. The Labute approximate surface area is 126 Å². The highest BCUT2D eigenvalue weighted by Crippen LogP contribution is 2.26. The molecule has 21 heavy (non-hydrogen) atoms. The van der Waals surface area contributed by atoms with Crippen LogP contribution in [0.5, 0.6) is 0 Å². The molecule has 4 nitrogen and oxygen atoms in total. The number of thiophene rings is 1. The van der Waals surface area contributed by atoms with Gasteiger partial charge in [0.15, 0.2) is 0 Å². The van der Waals surface area contributed by atoms with Crippen molar-refractivity contribution in [3.8, 4) is 0 Å². The van der Waals surface area contributed by atoms with E-state index in [1.54, 1.807) is 29.6 Å². The average molecular weight is 327 g/mol. The summed E-state index contributed by atoms with van der Waals surface area (Å²) in [5, 5.41) is 1.74. The van der Waals surface area contributed by atoms with Crippen LogP contribution in [0.4, 0.5) is 4.39 Å². The van der Waals surface area contributed by atoms with E-state index in [0.717, 1.165) is 5.56 Å². The molecule has 0 spiro atoms. The van der Waals surface area contributed by atoms with E-state index < -0.39 is 10.0 Å². The maximum atomic E-state index is 13.0. The minimum Gasteiger partial charge on any atom is -0.371 e. The topological polar surface area (TPSA) is 46.6 Å². The van der Waals surface area contributed by atoms with Gasteiger partial charge in [0.25, 0.3) is 10.0 Å².